The Morgan fingerprint density at radius 1 is 1.39 bits per heavy atom. The molecule has 1 heterocycles. The smallest absolute Gasteiger partial charge is 0.335 e. The molecular formula is C15H22N2O5S. The molecule has 0 saturated carbocycles. The standard InChI is InChI=1S/C15H22N2O5S/c1-11(10-22-2)16-23(20,21)14-9-12(15(18)19)5-6-13(14)17-7-3-4-8-17/h5-6,9,11,16H,3-4,7-8,10H2,1-2H3,(H,18,19). The number of ether oxygens (including phenoxy) is 1. The van der Waals surface area contributed by atoms with Crippen LogP contribution in [0.2, 0.25) is 0 Å². The summed E-state index contributed by atoms with van der Waals surface area (Å²) in [5.74, 6) is -1.15. The average Bonchev–Trinajstić information content (AvgIpc) is 3.00. The van der Waals surface area contributed by atoms with E-state index in [-0.39, 0.29) is 17.1 Å². The molecule has 1 saturated heterocycles. The van der Waals surface area contributed by atoms with Gasteiger partial charge in [0, 0.05) is 26.2 Å². The minimum Gasteiger partial charge on any atom is -0.478 e. The fraction of sp³-hybridized carbons (Fsp3) is 0.533. The number of hydrogen-bond acceptors (Lipinski definition) is 5. The lowest BCUT2D eigenvalue weighted by Crippen LogP contribution is -2.36. The highest BCUT2D eigenvalue weighted by Gasteiger charge is 2.26. The first-order valence-corrected chi connectivity index (χ1v) is 8.97. The van der Waals surface area contributed by atoms with E-state index in [1.54, 1.807) is 13.0 Å². The number of hydrogen-bond donors (Lipinski definition) is 2. The van der Waals surface area contributed by atoms with E-state index in [0.717, 1.165) is 25.9 Å². The van der Waals surface area contributed by atoms with Gasteiger partial charge < -0.3 is 14.7 Å². The van der Waals surface area contributed by atoms with Crippen molar-refractivity contribution in [2.24, 2.45) is 0 Å². The van der Waals surface area contributed by atoms with Gasteiger partial charge in [-0.2, -0.15) is 0 Å². The molecule has 1 aliphatic heterocycles. The Bertz CT molecular complexity index is 668. The number of anilines is 1. The van der Waals surface area contributed by atoms with Crippen molar-refractivity contribution in [3.63, 3.8) is 0 Å². The Morgan fingerprint density at radius 2 is 2.04 bits per heavy atom. The summed E-state index contributed by atoms with van der Waals surface area (Å²) < 4.78 is 32.8. The Kier molecular flexibility index (Phi) is 5.61. The van der Waals surface area contributed by atoms with Gasteiger partial charge in [0.05, 0.1) is 17.9 Å². The molecule has 1 fully saturated rings. The normalized spacial score (nSPS) is 16.5. The number of sulfonamides is 1. The number of carboxylic acid groups (broad SMARTS) is 1. The van der Waals surface area contributed by atoms with Crippen LogP contribution in [0.4, 0.5) is 5.69 Å². The largest absolute Gasteiger partial charge is 0.478 e. The molecule has 23 heavy (non-hydrogen) atoms. The molecule has 0 spiro atoms. The summed E-state index contributed by atoms with van der Waals surface area (Å²) in [5.41, 5.74) is 0.498. The molecule has 2 N–H and O–H groups in total. The summed E-state index contributed by atoms with van der Waals surface area (Å²) in [4.78, 5) is 13.2. The van der Waals surface area contributed by atoms with E-state index >= 15 is 0 Å². The predicted octanol–water partition coefficient (Wildman–Crippen LogP) is 1.30. The lowest BCUT2D eigenvalue weighted by molar-refractivity contribution is 0.0696. The average molecular weight is 342 g/mol. The van der Waals surface area contributed by atoms with Crippen molar-refractivity contribution in [2.75, 3.05) is 31.7 Å². The van der Waals surface area contributed by atoms with Crippen LogP contribution in [0.15, 0.2) is 23.1 Å². The van der Waals surface area contributed by atoms with Crippen LogP contribution >= 0.6 is 0 Å². The molecule has 1 unspecified atom stereocenters. The minimum absolute atomic E-state index is 0.00209. The highest BCUT2D eigenvalue weighted by molar-refractivity contribution is 7.89. The fourth-order valence-electron chi connectivity index (χ4n) is 2.69. The number of benzene rings is 1. The second-order valence-electron chi connectivity index (χ2n) is 5.66. The highest BCUT2D eigenvalue weighted by atomic mass is 32.2. The van der Waals surface area contributed by atoms with E-state index in [4.69, 9.17) is 9.84 Å². The van der Waals surface area contributed by atoms with Gasteiger partial charge in [0.1, 0.15) is 4.90 Å². The summed E-state index contributed by atoms with van der Waals surface area (Å²) in [6, 6.07) is 3.82. The molecule has 0 amide bonds. The van der Waals surface area contributed by atoms with Crippen LogP contribution in [-0.4, -0.2) is 52.3 Å². The fourth-order valence-corrected chi connectivity index (χ4v) is 4.17. The topological polar surface area (TPSA) is 95.9 Å². The summed E-state index contributed by atoms with van der Waals surface area (Å²) in [6.45, 7) is 3.46. The Labute approximate surface area is 136 Å². The van der Waals surface area contributed by atoms with Crippen molar-refractivity contribution in [1.82, 2.24) is 4.72 Å². The van der Waals surface area contributed by atoms with Crippen LogP contribution in [-0.2, 0) is 14.8 Å². The Hall–Kier alpha value is -1.64. The monoisotopic (exact) mass is 342 g/mol. The first-order valence-electron chi connectivity index (χ1n) is 7.48. The lowest BCUT2D eigenvalue weighted by atomic mass is 10.2. The molecule has 128 valence electrons. The molecule has 1 aromatic rings. The SMILES string of the molecule is COCC(C)NS(=O)(=O)c1cc(C(=O)O)ccc1N1CCCC1. The van der Waals surface area contributed by atoms with E-state index in [1.807, 2.05) is 4.90 Å². The van der Waals surface area contributed by atoms with Gasteiger partial charge in [0.15, 0.2) is 0 Å². The van der Waals surface area contributed by atoms with Gasteiger partial charge in [-0.15, -0.1) is 0 Å². The van der Waals surface area contributed by atoms with E-state index in [9.17, 15) is 13.2 Å². The van der Waals surface area contributed by atoms with E-state index in [1.165, 1.54) is 19.2 Å². The zero-order valence-corrected chi connectivity index (χ0v) is 14.1. The van der Waals surface area contributed by atoms with Gasteiger partial charge >= 0.3 is 5.97 Å². The van der Waals surface area contributed by atoms with Gasteiger partial charge in [0.2, 0.25) is 10.0 Å². The van der Waals surface area contributed by atoms with Crippen molar-refractivity contribution in [3.8, 4) is 0 Å². The summed E-state index contributed by atoms with van der Waals surface area (Å²) >= 11 is 0. The van der Waals surface area contributed by atoms with Crippen molar-refractivity contribution in [2.45, 2.75) is 30.7 Å². The molecule has 0 bridgehead atoms. The molecule has 2 rings (SSSR count). The lowest BCUT2D eigenvalue weighted by Gasteiger charge is -2.23. The number of rotatable bonds is 7. The zero-order valence-electron chi connectivity index (χ0n) is 13.3. The van der Waals surface area contributed by atoms with E-state index < -0.39 is 22.0 Å². The van der Waals surface area contributed by atoms with Crippen LogP contribution in [0.5, 0.6) is 0 Å². The Morgan fingerprint density at radius 3 is 2.61 bits per heavy atom. The molecule has 8 heteroatoms. The Balaban J connectivity index is 2.43. The molecule has 7 nitrogen and oxygen atoms in total. The maximum absolute atomic E-state index is 12.7. The molecule has 0 aliphatic carbocycles. The van der Waals surface area contributed by atoms with E-state index in [0.29, 0.717) is 5.69 Å². The third-order valence-electron chi connectivity index (χ3n) is 3.72. The van der Waals surface area contributed by atoms with Crippen LogP contribution in [0.1, 0.15) is 30.1 Å². The summed E-state index contributed by atoms with van der Waals surface area (Å²) in [7, 11) is -2.35. The number of nitrogens with zero attached hydrogens (tertiary/aromatic N) is 1. The first kappa shape index (κ1) is 17.7. The molecule has 1 aliphatic rings. The van der Waals surface area contributed by atoms with Gasteiger partial charge in [-0.3, -0.25) is 0 Å². The van der Waals surface area contributed by atoms with Crippen molar-refractivity contribution < 1.29 is 23.1 Å². The minimum atomic E-state index is -3.84. The number of nitrogens with one attached hydrogen (secondary N) is 1. The van der Waals surface area contributed by atoms with Crippen LogP contribution < -0.4 is 9.62 Å². The van der Waals surface area contributed by atoms with Gasteiger partial charge in [-0.25, -0.2) is 17.9 Å². The quantitative estimate of drug-likeness (QED) is 0.775. The second kappa shape index (κ2) is 7.29. The van der Waals surface area contributed by atoms with Crippen LogP contribution in [0.25, 0.3) is 0 Å². The molecule has 1 aromatic carbocycles. The van der Waals surface area contributed by atoms with Gasteiger partial charge in [-0.05, 0) is 38.0 Å². The molecule has 1 atom stereocenters. The number of carboxylic acids is 1. The maximum atomic E-state index is 12.7. The van der Waals surface area contributed by atoms with E-state index in [2.05, 4.69) is 4.72 Å². The highest BCUT2D eigenvalue weighted by Crippen LogP contribution is 2.29. The van der Waals surface area contributed by atoms with Gasteiger partial charge in [-0.1, -0.05) is 0 Å². The molecule has 0 aromatic heterocycles. The second-order valence-corrected chi connectivity index (χ2v) is 7.34. The maximum Gasteiger partial charge on any atom is 0.335 e. The van der Waals surface area contributed by atoms with Crippen LogP contribution in [0.3, 0.4) is 0 Å². The summed E-state index contributed by atoms with van der Waals surface area (Å²) in [6.07, 6.45) is 1.99. The third kappa shape index (κ3) is 4.21. The third-order valence-corrected chi connectivity index (χ3v) is 5.33. The van der Waals surface area contributed by atoms with Crippen molar-refractivity contribution in [3.05, 3.63) is 23.8 Å². The zero-order chi connectivity index (χ0) is 17.0. The van der Waals surface area contributed by atoms with Crippen molar-refractivity contribution >= 4 is 21.7 Å². The predicted molar refractivity (Wildman–Crippen MR) is 86.5 cm³/mol. The molecular weight excluding hydrogens is 320 g/mol. The van der Waals surface area contributed by atoms with Crippen LogP contribution in [0, 0.1) is 0 Å². The summed E-state index contributed by atoms with van der Waals surface area (Å²) in [5, 5.41) is 9.15. The van der Waals surface area contributed by atoms with Gasteiger partial charge in [0.25, 0.3) is 0 Å². The number of aromatic carboxylic acids is 1. The number of carbonyl (C=O) groups is 1. The number of methoxy groups -OCH3 is 1. The van der Waals surface area contributed by atoms with Crippen molar-refractivity contribution in [1.29, 1.82) is 0 Å². The first-order chi connectivity index (χ1) is 10.8. The molecule has 0 radical (unpaired) electrons.